The van der Waals surface area contributed by atoms with Crippen molar-refractivity contribution in [3.63, 3.8) is 0 Å². The van der Waals surface area contributed by atoms with Crippen LogP contribution in [0.25, 0.3) is 0 Å². The summed E-state index contributed by atoms with van der Waals surface area (Å²) in [6.07, 6.45) is 9.08. The van der Waals surface area contributed by atoms with Crippen molar-refractivity contribution in [2.45, 2.75) is 38.6 Å². The second kappa shape index (κ2) is 10.4. The molecule has 0 aliphatic carbocycles. The van der Waals surface area contributed by atoms with E-state index in [1.807, 2.05) is 12.1 Å². The molecule has 1 aliphatic heterocycles. The molecule has 5 heteroatoms. The molecule has 2 heterocycles. The van der Waals surface area contributed by atoms with E-state index in [-0.39, 0.29) is 5.91 Å². The van der Waals surface area contributed by atoms with Crippen LogP contribution in [0.5, 0.6) is 0 Å². The number of aromatic nitrogens is 1. The standard InChI is InChI=1S/C17H29N3O2/c21-17(7-2-1-3-9-19-10-4-5-11-19)18-8-6-12-20-13-15-22-16-14-20/h4-5,10-11H,1-3,6-9,12-16H2,(H,18,21). The Balaban J connectivity index is 1.39. The maximum atomic E-state index is 11.7. The summed E-state index contributed by atoms with van der Waals surface area (Å²) in [5.74, 6) is 0.197. The third-order valence-corrected chi connectivity index (χ3v) is 4.06. The summed E-state index contributed by atoms with van der Waals surface area (Å²) in [5, 5.41) is 3.02. The lowest BCUT2D eigenvalue weighted by atomic mass is 10.2. The van der Waals surface area contributed by atoms with Gasteiger partial charge in [-0.25, -0.2) is 0 Å². The van der Waals surface area contributed by atoms with Crippen molar-refractivity contribution in [2.75, 3.05) is 39.4 Å². The molecule has 1 saturated heterocycles. The van der Waals surface area contributed by atoms with Gasteiger partial charge in [0.25, 0.3) is 0 Å². The smallest absolute Gasteiger partial charge is 0.219 e. The summed E-state index contributed by atoms with van der Waals surface area (Å²) in [6, 6.07) is 4.09. The van der Waals surface area contributed by atoms with Crippen molar-refractivity contribution in [3.05, 3.63) is 24.5 Å². The molecule has 2 rings (SSSR count). The Kier molecular flexibility index (Phi) is 8.05. The summed E-state index contributed by atoms with van der Waals surface area (Å²) in [7, 11) is 0. The van der Waals surface area contributed by atoms with Gasteiger partial charge in [-0.15, -0.1) is 0 Å². The third-order valence-electron chi connectivity index (χ3n) is 4.06. The first kappa shape index (κ1) is 17.0. The number of carbonyl (C=O) groups is 1. The van der Waals surface area contributed by atoms with E-state index < -0.39 is 0 Å². The Labute approximate surface area is 133 Å². The number of morpholine rings is 1. The number of hydrogen-bond donors (Lipinski definition) is 1. The zero-order valence-electron chi connectivity index (χ0n) is 13.5. The molecule has 0 saturated carbocycles. The lowest BCUT2D eigenvalue weighted by molar-refractivity contribution is -0.121. The normalized spacial score (nSPS) is 15.8. The Morgan fingerprint density at radius 2 is 1.77 bits per heavy atom. The minimum atomic E-state index is 0.197. The zero-order chi connectivity index (χ0) is 15.5. The van der Waals surface area contributed by atoms with Crippen molar-refractivity contribution in [3.8, 4) is 0 Å². The molecule has 1 aromatic rings. The highest BCUT2D eigenvalue weighted by molar-refractivity contribution is 5.75. The van der Waals surface area contributed by atoms with Crippen LogP contribution in [0.2, 0.25) is 0 Å². The average molecular weight is 307 g/mol. The molecule has 124 valence electrons. The molecule has 0 aromatic carbocycles. The monoisotopic (exact) mass is 307 g/mol. The molecule has 0 spiro atoms. The number of amides is 1. The Morgan fingerprint density at radius 3 is 2.55 bits per heavy atom. The van der Waals surface area contributed by atoms with E-state index in [1.165, 1.54) is 0 Å². The minimum absolute atomic E-state index is 0.197. The fourth-order valence-corrected chi connectivity index (χ4v) is 2.72. The molecular weight excluding hydrogens is 278 g/mol. The van der Waals surface area contributed by atoms with Crippen molar-refractivity contribution in [1.29, 1.82) is 0 Å². The van der Waals surface area contributed by atoms with E-state index in [0.29, 0.717) is 6.42 Å². The molecule has 1 N–H and O–H groups in total. The van der Waals surface area contributed by atoms with Gasteiger partial charge in [0.05, 0.1) is 13.2 Å². The Morgan fingerprint density at radius 1 is 1.00 bits per heavy atom. The van der Waals surface area contributed by atoms with Crippen LogP contribution in [0.1, 0.15) is 32.1 Å². The van der Waals surface area contributed by atoms with Crippen LogP contribution < -0.4 is 5.32 Å². The molecular formula is C17H29N3O2. The SMILES string of the molecule is O=C(CCCCCn1cccc1)NCCCN1CCOCC1. The predicted octanol–water partition coefficient (Wildman–Crippen LogP) is 1.89. The van der Waals surface area contributed by atoms with Gasteiger partial charge in [0.2, 0.25) is 5.91 Å². The maximum absolute atomic E-state index is 11.7. The molecule has 1 aliphatic rings. The number of rotatable bonds is 10. The largest absolute Gasteiger partial charge is 0.379 e. The minimum Gasteiger partial charge on any atom is -0.379 e. The first-order chi connectivity index (χ1) is 10.8. The molecule has 5 nitrogen and oxygen atoms in total. The van der Waals surface area contributed by atoms with Crippen molar-refractivity contribution in [1.82, 2.24) is 14.8 Å². The number of nitrogens with one attached hydrogen (secondary N) is 1. The Bertz CT molecular complexity index is 400. The molecule has 1 fully saturated rings. The number of unbranched alkanes of at least 4 members (excludes halogenated alkanes) is 2. The van der Waals surface area contributed by atoms with Gasteiger partial charge in [0, 0.05) is 45.0 Å². The predicted molar refractivity (Wildman–Crippen MR) is 87.8 cm³/mol. The zero-order valence-corrected chi connectivity index (χ0v) is 13.5. The molecule has 0 atom stereocenters. The van der Waals surface area contributed by atoms with Crippen LogP contribution >= 0.6 is 0 Å². The van der Waals surface area contributed by atoms with Gasteiger partial charge in [-0.2, -0.15) is 0 Å². The van der Waals surface area contributed by atoms with E-state index in [2.05, 4.69) is 27.2 Å². The van der Waals surface area contributed by atoms with Crippen LogP contribution in [0.15, 0.2) is 24.5 Å². The lowest BCUT2D eigenvalue weighted by Crippen LogP contribution is -2.38. The lowest BCUT2D eigenvalue weighted by Gasteiger charge is -2.26. The van der Waals surface area contributed by atoms with Crippen molar-refractivity contribution < 1.29 is 9.53 Å². The van der Waals surface area contributed by atoms with Crippen molar-refractivity contribution in [2.24, 2.45) is 0 Å². The Hall–Kier alpha value is -1.33. The van der Waals surface area contributed by atoms with Crippen LogP contribution in [0, 0.1) is 0 Å². The summed E-state index contributed by atoms with van der Waals surface area (Å²) in [6.45, 7) is 6.63. The second-order valence-electron chi connectivity index (χ2n) is 5.89. The van der Waals surface area contributed by atoms with Crippen LogP contribution in [-0.4, -0.2) is 54.8 Å². The van der Waals surface area contributed by atoms with E-state index in [0.717, 1.165) is 71.6 Å². The summed E-state index contributed by atoms with van der Waals surface area (Å²) >= 11 is 0. The number of hydrogen-bond acceptors (Lipinski definition) is 3. The van der Waals surface area contributed by atoms with Gasteiger partial charge < -0.3 is 14.6 Å². The number of ether oxygens (including phenoxy) is 1. The average Bonchev–Trinajstić information content (AvgIpc) is 3.06. The first-order valence-electron chi connectivity index (χ1n) is 8.52. The summed E-state index contributed by atoms with van der Waals surface area (Å²) in [5.41, 5.74) is 0. The quantitative estimate of drug-likeness (QED) is 0.672. The fourth-order valence-electron chi connectivity index (χ4n) is 2.72. The van der Waals surface area contributed by atoms with Gasteiger partial charge >= 0.3 is 0 Å². The van der Waals surface area contributed by atoms with Crippen LogP contribution in [0.3, 0.4) is 0 Å². The van der Waals surface area contributed by atoms with E-state index in [4.69, 9.17) is 4.74 Å². The summed E-state index contributed by atoms with van der Waals surface area (Å²) in [4.78, 5) is 14.1. The number of aryl methyl sites for hydroxylation is 1. The second-order valence-corrected chi connectivity index (χ2v) is 5.89. The van der Waals surface area contributed by atoms with Crippen LogP contribution in [0.4, 0.5) is 0 Å². The van der Waals surface area contributed by atoms with E-state index >= 15 is 0 Å². The van der Waals surface area contributed by atoms with Gasteiger partial charge in [-0.3, -0.25) is 9.69 Å². The van der Waals surface area contributed by atoms with Gasteiger partial charge in [-0.1, -0.05) is 6.42 Å². The molecule has 22 heavy (non-hydrogen) atoms. The fraction of sp³-hybridized carbons (Fsp3) is 0.706. The highest BCUT2D eigenvalue weighted by atomic mass is 16.5. The highest BCUT2D eigenvalue weighted by Crippen LogP contribution is 2.03. The van der Waals surface area contributed by atoms with E-state index in [1.54, 1.807) is 0 Å². The van der Waals surface area contributed by atoms with E-state index in [9.17, 15) is 4.79 Å². The first-order valence-corrected chi connectivity index (χ1v) is 8.52. The number of nitrogens with zero attached hydrogens (tertiary/aromatic N) is 2. The molecule has 1 aromatic heterocycles. The topological polar surface area (TPSA) is 46.5 Å². The molecule has 1 amide bonds. The molecule has 0 radical (unpaired) electrons. The van der Waals surface area contributed by atoms with Gasteiger partial charge in [-0.05, 0) is 37.9 Å². The number of carbonyl (C=O) groups excluding carboxylic acids is 1. The molecule has 0 unspecified atom stereocenters. The van der Waals surface area contributed by atoms with Gasteiger partial charge in [0.1, 0.15) is 0 Å². The third kappa shape index (κ3) is 7.09. The highest BCUT2D eigenvalue weighted by Gasteiger charge is 2.09. The van der Waals surface area contributed by atoms with Crippen molar-refractivity contribution >= 4 is 5.91 Å². The molecule has 0 bridgehead atoms. The summed E-state index contributed by atoms with van der Waals surface area (Å²) < 4.78 is 7.51. The maximum Gasteiger partial charge on any atom is 0.219 e. The van der Waals surface area contributed by atoms with Gasteiger partial charge in [0.15, 0.2) is 0 Å². The van der Waals surface area contributed by atoms with Crippen LogP contribution in [-0.2, 0) is 16.1 Å².